The third-order valence-electron chi connectivity index (χ3n) is 6.26. The first-order valence-electron chi connectivity index (χ1n) is 10.8. The number of anilines is 1. The Balaban J connectivity index is 1.36. The molecular formula is C22H28ClN5O3S. The lowest BCUT2D eigenvalue weighted by molar-refractivity contribution is -0.126. The minimum Gasteiger partial charge on any atom is -0.357 e. The Morgan fingerprint density at radius 1 is 1.19 bits per heavy atom. The smallest absolute Gasteiger partial charge is 0.223 e. The van der Waals surface area contributed by atoms with Crippen LogP contribution in [0, 0.1) is 12.8 Å². The normalized spacial score (nSPS) is 20.5. The number of carbonyl (C=O) groups is 1. The molecule has 2 saturated heterocycles. The minimum atomic E-state index is -3.21. The number of aromatic nitrogens is 2. The number of nitrogens with one attached hydrogen (secondary N) is 1. The van der Waals surface area contributed by atoms with Gasteiger partial charge in [0.1, 0.15) is 5.82 Å². The van der Waals surface area contributed by atoms with Crippen LogP contribution >= 0.6 is 11.6 Å². The highest BCUT2D eigenvalue weighted by Gasteiger charge is 2.32. The molecular weight excluding hydrogens is 450 g/mol. The van der Waals surface area contributed by atoms with E-state index in [1.54, 1.807) is 12.4 Å². The molecule has 2 aromatic heterocycles. The first kappa shape index (κ1) is 22.9. The van der Waals surface area contributed by atoms with Gasteiger partial charge in [-0.05, 0) is 43.9 Å². The molecule has 4 rings (SSSR count). The van der Waals surface area contributed by atoms with Crippen LogP contribution in [0.15, 0.2) is 30.6 Å². The van der Waals surface area contributed by atoms with Gasteiger partial charge in [0, 0.05) is 56.1 Å². The summed E-state index contributed by atoms with van der Waals surface area (Å²) < 4.78 is 24.8. The van der Waals surface area contributed by atoms with Gasteiger partial charge >= 0.3 is 0 Å². The Kier molecular flexibility index (Phi) is 6.69. The number of pyridine rings is 2. The van der Waals surface area contributed by atoms with E-state index in [-0.39, 0.29) is 17.9 Å². The summed E-state index contributed by atoms with van der Waals surface area (Å²) in [6.07, 6.45) is 6.71. The molecule has 0 radical (unpaired) electrons. The maximum atomic E-state index is 12.7. The monoisotopic (exact) mass is 477 g/mol. The number of hydrogen-bond donors (Lipinski definition) is 1. The van der Waals surface area contributed by atoms with Crippen molar-refractivity contribution in [2.45, 2.75) is 32.2 Å². The molecule has 4 heterocycles. The van der Waals surface area contributed by atoms with Gasteiger partial charge in [-0.25, -0.2) is 17.7 Å². The van der Waals surface area contributed by atoms with Crippen molar-refractivity contribution in [2.24, 2.45) is 5.92 Å². The van der Waals surface area contributed by atoms with Crippen LogP contribution in [0.2, 0.25) is 5.02 Å². The molecule has 0 bridgehead atoms. The number of nitrogens with zero attached hydrogens (tertiary/aromatic N) is 4. The first-order valence-corrected chi connectivity index (χ1v) is 13.0. The van der Waals surface area contributed by atoms with Crippen molar-refractivity contribution in [3.8, 4) is 11.3 Å². The lowest BCUT2D eigenvalue weighted by atomic mass is 9.95. The zero-order valence-corrected chi connectivity index (χ0v) is 19.9. The number of aryl methyl sites for hydroxylation is 1. The molecule has 2 aliphatic heterocycles. The van der Waals surface area contributed by atoms with Crippen molar-refractivity contribution < 1.29 is 13.2 Å². The third-order valence-corrected chi connectivity index (χ3v) is 7.83. The lowest BCUT2D eigenvalue weighted by Gasteiger charge is -2.33. The molecule has 2 fully saturated rings. The summed E-state index contributed by atoms with van der Waals surface area (Å²) in [5, 5.41) is 3.60. The second-order valence-corrected chi connectivity index (χ2v) is 11.0. The maximum absolute atomic E-state index is 12.7. The summed E-state index contributed by atoms with van der Waals surface area (Å²) in [6.45, 7) is 4.25. The van der Waals surface area contributed by atoms with Crippen LogP contribution in [-0.4, -0.2) is 67.1 Å². The highest BCUT2D eigenvalue weighted by Crippen LogP contribution is 2.32. The van der Waals surface area contributed by atoms with Crippen LogP contribution in [0.25, 0.3) is 11.3 Å². The molecule has 172 valence electrons. The van der Waals surface area contributed by atoms with Crippen LogP contribution in [0.1, 0.15) is 24.8 Å². The fraction of sp³-hybridized carbons (Fsp3) is 0.500. The Hall–Kier alpha value is -2.23. The zero-order valence-electron chi connectivity index (χ0n) is 18.3. The molecule has 0 saturated carbocycles. The van der Waals surface area contributed by atoms with E-state index in [0.29, 0.717) is 37.6 Å². The van der Waals surface area contributed by atoms with Gasteiger partial charge in [0.05, 0.1) is 17.0 Å². The second-order valence-electron chi connectivity index (χ2n) is 8.57. The maximum Gasteiger partial charge on any atom is 0.223 e. The van der Waals surface area contributed by atoms with Crippen molar-refractivity contribution >= 4 is 33.3 Å². The summed E-state index contributed by atoms with van der Waals surface area (Å²) >= 11 is 6.41. The van der Waals surface area contributed by atoms with Crippen LogP contribution in [0.5, 0.6) is 0 Å². The summed E-state index contributed by atoms with van der Waals surface area (Å²) in [5.74, 6) is 0.759. The van der Waals surface area contributed by atoms with Crippen molar-refractivity contribution in [1.29, 1.82) is 0 Å². The summed E-state index contributed by atoms with van der Waals surface area (Å²) in [4.78, 5) is 23.9. The Labute approximate surface area is 194 Å². The largest absolute Gasteiger partial charge is 0.357 e. The van der Waals surface area contributed by atoms with E-state index in [2.05, 4.69) is 20.2 Å². The van der Waals surface area contributed by atoms with E-state index in [1.165, 1.54) is 10.6 Å². The van der Waals surface area contributed by atoms with Gasteiger partial charge in [0.15, 0.2) is 0 Å². The molecule has 1 amide bonds. The SMILES string of the molecule is Cc1cccnc1-c1cc(N2CCC(C(=O)N[C@H]3CCN(S(C)(=O)=O)C3)CC2)ncc1Cl. The van der Waals surface area contributed by atoms with E-state index in [1.807, 2.05) is 25.1 Å². The highest BCUT2D eigenvalue weighted by molar-refractivity contribution is 7.88. The fourth-order valence-electron chi connectivity index (χ4n) is 4.39. The Bertz CT molecular complexity index is 1100. The van der Waals surface area contributed by atoms with Crippen LogP contribution in [0.3, 0.4) is 0 Å². The van der Waals surface area contributed by atoms with Gasteiger partial charge in [-0.1, -0.05) is 17.7 Å². The van der Waals surface area contributed by atoms with Gasteiger partial charge in [-0.15, -0.1) is 0 Å². The van der Waals surface area contributed by atoms with Gasteiger partial charge in [0.25, 0.3) is 0 Å². The first-order chi connectivity index (χ1) is 15.2. The van der Waals surface area contributed by atoms with Crippen molar-refractivity contribution in [3.05, 3.63) is 41.2 Å². The molecule has 0 spiro atoms. The van der Waals surface area contributed by atoms with Gasteiger partial charge in [0.2, 0.25) is 15.9 Å². The van der Waals surface area contributed by atoms with Gasteiger partial charge in [-0.3, -0.25) is 9.78 Å². The zero-order chi connectivity index (χ0) is 22.9. The number of amides is 1. The summed E-state index contributed by atoms with van der Waals surface area (Å²) in [7, 11) is -3.21. The Morgan fingerprint density at radius 3 is 2.59 bits per heavy atom. The fourth-order valence-corrected chi connectivity index (χ4v) is 5.47. The molecule has 32 heavy (non-hydrogen) atoms. The molecule has 2 aromatic rings. The average Bonchev–Trinajstić information content (AvgIpc) is 3.24. The summed E-state index contributed by atoms with van der Waals surface area (Å²) in [5.41, 5.74) is 2.74. The van der Waals surface area contributed by atoms with Gasteiger partial charge < -0.3 is 10.2 Å². The van der Waals surface area contributed by atoms with E-state index < -0.39 is 10.0 Å². The lowest BCUT2D eigenvalue weighted by Crippen LogP contribution is -2.45. The van der Waals surface area contributed by atoms with E-state index in [4.69, 9.17) is 11.6 Å². The minimum absolute atomic E-state index is 0.0128. The Morgan fingerprint density at radius 2 is 1.94 bits per heavy atom. The molecule has 0 aromatic carbocycles. The standard InChI is InChI=1S/C22H28ClN5O3S/c1-15-4-3-8-24-21(15)18-12-20(25-13-19(18)23)27-9-5-16(6-10-27)22(29)26-17-7-11-28(14-17)32(2,30)31/h3-4,8,12-13,16-17H,5-7,9-11,14H2,1-2H3,(H,26,29)/t17-/m0/s1. The molecule has 8 nitrogen and oxygen atoms in total. The molecule has 2 aliphatic rings. The quantitative estimate of drug-likeness (QED) is 0.710. The predicted molar refractivity (Wildman–Crippen MR) is 125 cm³/mol. The molecule has 10 heteroatoms. The van der Waals surface area contributed by atoms with Crippen molar-refractivity contribution in [3.63, 3.8) is 0 Å². The van der Waals surface area contributed by atoms with E-state index in [0.717, 1.165) is 35.5 Å². The number of piperidine rings is 1. The summed E-state index contributed by atoms with van der Waals surface area (Å²) in [6, 6.07) is 5.76. The average molecular weight is 478 g/mol. The molecule has 1 N–H and O–H groups in total. The van der Waals surface area contributed by atoms with Crippen molar-refractivity contribution in [2.75, 3.05) is 37.3 Å². The second kappa shape index (κ2) is 9.33. The van der Waals surface area contributed by atoms with Crippen LogP contribution in [-0.2, 0) is 14.8 Å². The molecule has 0 aliphatic carbocycles. The molecule has 0 unspecified atom stereocenters. The molecule has 1 atom stereocenters. The van der Waals surface area contributed by atoms with E-state index in [9.17, 15) is 13.2 Å². The van der Waals surface area contributed by atoms with E-state index >= 15 is 0 Å². The highest BCUT2D eigenvalue weighted by atomic mass is 35.5. The third kappa shape index (κ3) is 5.05. The number of carbonyl (C=O) groups excluding carboxylic acids is 1. The number of sulfonamides is 1. The van der Waals surface area contributed by atoms with Gasteiger partial charge in [-0.2, -0.15) is 0 Å². The van der Waals surface area contributed by atoms with Crippen LogP contribution < -0.4 is 10.2 Å². The predicted octanol–water partition coefficient (Wildman–Crippen LogP) is 2.47. The topological polar surface area (TPSA) is 95.5 Å². The van der Waals surface area contributed by atoms with Crippen molar-refractivity contribution in [1.82, 2.24) is 19.6 Å². The number of hydrogen-bond acceptors (Lipinski definition) is 6. The van der Waals surface area contributed by atoms with Crippen LogP contribution in [0.4, 0.5) is 5.82 Å². The number of halogens is 1. The number of rotatable bonds is 5.